The van der Waals surface area contributed by atoms with E-state index in [2.05, 4.69) is 27.2 Å². The fourth-order valence-electron chi connectivity index (χ4n) is 3.01. The summed E-state index contributed by atoms with van der Waals surface area (Å²) in [6, 6.07) is 26.3. The largest absolute Gasteiger partial charge is 0.457 e. The molecule has 0 spiro atoms. The first kappa shape index (κ1) is 20.8. The molecule has 6 heteroatoms. The van der Waals surface area contributed by atoms with Crippen molar-refractivity contribution in [3.05, 3.63) is 109 Å². The Hall–Kier alpha value is -4.45. The number of carbonyl (C=O) groups is 1. The van der Waals surface area contributed by atoms with Gasteiger partial charge in [-0.25, -0.2) is 9.97 Å². The Kier molecular flexibility index (Phi) is 6.22. The summed E-state index contributed by atoms with van der Waals surface area (Å²) in [6.45, 7) is 5.42. The predicted octanol–water partition coefficient (Wildman–Crippen LogP) is 6.51. The van der Waals surface area contributed by atoms with Gasteiger partial charge in [-0.15, -0.1) is 0 Å². The summed E-state index contributed by atoms with van der Waals surface area (Å²) in [4.78, 5) is 20.7. The molecule has 0 aliphatic carbocycles. The van der Waals surface area contributed by atoms with Gasteiger partial charge in [0.05, 0.1) is 0 Å². The Morgan fingerprint density at radius 2 is 1.44 bits per heavy atom. The molecule has 1 heterocycles. The number of Topliss-reactive ketones (excluding diaryl/α,β-unsaturated/α-hetero) is 1. The zero-order valence-electron chi connectivity index (χ0n) is 17.6. The molecule has 0 saturated heterocycles. The summed E-state index contributed by atoms with van der Waals surface area (Å²) in [5.74, 6) is 2.68. The van der Waals surface area contributed by atoms with E-state index in [1.54, 1.807) is 25.1 Å². The fraction of sp³-hybridized carbons (Fsp3) is 0.0385. The minimum atomic E-state index is -0.0848. The number of para-hydroxylation sites is 1. The molecule has 158 valence electrons. The number of aromatic nitrogens is 2. The van der Waals surface area contributed by atoms with E-state index in [9.17, 15) is 4.79 Å². The summed E-state index contributed by atoms with van der Waals surface area (Å²) in [7, 11) is 0. The van der Waals surface area contributed by atoms with Gasteiger partial charge in [0.1, 0.15) is 29.5 Å². The number of nitrogens with zero attached hydrogens (tertiary/aromatic N) is 2. The number of hydrogen-bond donors (Lipinski definition) is 2. The second-order valence-corrected chi connectivity index (χ2v) is 7.17. The molecule has 3 aromatic carbocycles. The van der Waals surface area contributed by atoms with Crippen LogP contribution in [0.3, 0.4) is 0 Å². The van der Waals surface area contributed by atoms with Gasteiger partial charge in [-0.05, 0) is 61.0 Å². The van der Waals surface area contributed by atoms with Crippen molar-refractivity contribution in [1.82, 2.24) is 9.97 Å². The van der Waals surface area contributed by atoms with Crippen LogP contribution >= 0.6 is 0 Å². The minimum Gasteiger partial charge on any atom is -0.457 e. The topological polar surface area (TPSA) is 76.1 Å². The van der Waals surface area contributed by atoms with Crippen molar-refractivity contribution in [2.45, 2.75) is 6.92 Å². The third kappa shape index (κ3) is 5.37. The average molecular weight is 422 g/mol. The first-order valence-electron chi connectivity index (χ1n) is 10.1. The molecule has 1 aromatic heterocycles. The van der Waals surface area contributed by atoms with Gasteiger partial charge in [0.25, 0.3) is 0 Å². The molecular formula is C26H22N4O2. The van der Waals surface area contributed by atoms with Crippen LogP contribution in [0.25, 0.3) is 0 Å². The highest BCUT2D eigenvalue weighted by molar-refractivity contribution is 6.08. The highest BCUT2D eigenvalue weighted by atomic mass is 16.5. The van der Waals surface area contributed by atoms with Crippen molar-refractivity contribution in [3.8, 4) is 11.5 Å². The molecule has 0 bridgehead atoms. The Balaban J connectivity index is 1.43. The van der Waals surface area contributed by atoms with E-state index in [0.29, 0.717) is 22.8 Å². The van der Waals surface area contributed by atoms with Crippen molar-refractivity contribution in [3.63, 3.8) is 0 Å². The van der Waals surface area contributed by atoms with Crippen molar-refractivity contribution in [2.24, 2.45) is 0 Å². The van der Waals surface area contributed by atoms with Crippen LogP contribution in [0, 0.1) is 0 Å². The Morgan fingerprint density at radius 3 is 2.12 bits per heavy atom. The van der Waals surface area contributed by atoms with E-state index in [0.717, 1.165) is 22.9 Å². The summed E-state index contributed by atoms with van der Waals surface area (Å²) < 4.78 is 5.82. The van der Waals surface area contributed by atoms with Crippen LogP contribution in [0.1, 0.15) is 17.3 Å². The van der Waals surface area contributed by atoms with Gasteiger partial charge in [-0.2, -0.15) is 0 Å². The van der Waals surface area contributed by atoms with Gasteiger partial charge >= 0.3 is 0 Å². The lowest BCUT2D eigenvalue weighted by atomic mass is 10.1. The number of hydrogen-bond acceptors (Lipinski definition) is 6. The zero-order chi connectivity index (χ0) is 22.3. The van der Waals surface area contributed by atoms with Crippen LogP contribution in [0.15, 0.2) is 103 Å². The fourth-order valence-corrected chi connectivity index (χ4v) is 3.01. The van der Waals surface area contributed by atoms with Crippen LogP contribution in [-0.4, -0.2) is 15.8 Å². The lowest BCUT2D eigenvalue weighted by molar-refractivity contribution is 0.103. The Morgan fingerprint density at radius 1 is 0.781 bits per heavy atom. The maximum absolute atomic E-state index is 12.2. The summed E-state index contributed by atoms with van der Waals surface area (Å²) in [5.41, 5.74) is 2.69. The highest BCUT2D eigenvalue weighted by Gasteiger charge is 2.08. The summed E-state index contributed by atoms with van der Waals surface area (Å²) in [5, 5.41) is 6.46. The summed E-state index contributed by atoms with van der Waals surface area (Å²) >= 11 is 0. The normalized spacial score (nSPS) is 10.3. The van der Waals surface area contributed by atoms with Gasteiger partial charge in [0.2, 0.25) is 0 Å². The lowest BCUT2D eigenvalue weighted by Crippen LogP contribution is -2.02. The number of rotatable bonds is 8. The van der Waals surface area contributed by atoms with Crippen molar-refractivity contribution in [2.75, 3.05) is 10.6 Å². The van der Waals surface area contributed by atoms with E-state index in [1.165, 1.54) is 6.33 Å². The Bertz CT molecular complexity index is 1240. The number of carbonyl (C=O) groups excluding carboxylic acids is 1. The second kappa shape index (κ2) is 9.57. The third-order valence-electron chi connectivity index (χ3n) is 4.56. The molecule has 6 nitrogen and oxygen atoms in total. The van der Waals surface area contributed by atoms with E-state index in [4.69, 9.17) is 4.74 Å². The molecule has 0 saturated carbocycles. The van der Waals surface area contributed by atoms with Crippen LogP contribution < -0.4 is 15.4 Å². The van der Waals surface area contributed by atoms with Crippen LogP contribution in [-0.2, 0) is 0 Å². The van der Waals surface area contributed by atoms with Gasteiger partial charge in [0.15, 0.2) is 5.78 Å². The number of nitrogens with one attached hydrogen (secondary N) is 2. The smallest absolute Gasteiger partial charge is 0.188 e. The van der Waals surface area contributed by atoms with Gasteiger partial charge in [0, 0.05) is 23.0 Å². The minimum absolute atomic E-state index is 0.0848. The molecule has 0 aliphatic heterocycles. The van der Waals surface area contributed by atoms with Crippen LogP contribution in [0.4, 0.5) is 23.0 Å². The van der Waals surface area contributed by atoms with Crippen molar-refractivity contribution < 1.29 is 9.53 Å². The van der Waals surface area contributed by atoms with Gasteiger partial charge < -0.3 is 15.4 Å². The quantitative estimate of drug-likeness (QED) is 0.249. The molecule has 0 radical (unpaired) electrons. The molecule has 2 N–H and O–H groups in total. The first-order chi connectivity index (χ1) is 15.6. The van der Waals surface area contributed by atoms with Crippen molar-refractivity contribution >= 4 is 28.8 Å². The number of ketones is 1. The van der Waals surface area contributed by atoms with E-state index < -0.39 is 0 Å². The first-order valence-corrected chi connectivity index (χ1v) is 10.1. The standard InChI is InChI=1S/C26H22N4O2/c1-18(2)26(31)19-7-6-8-21(15-19)30-25-16-24(27-17-28-25)29-20-11-13-23(14-12-20)32-22-9-4-3-5-10-22/h3-17H,1H2,2H3,(H2,27,28,29,30). The number of ether oxygens (including phenoxy) is 1. The molecule has 4 aromatic rings. The van der Waals surface area contributed by atoms with Crippen molar-refractivity contribution in [1.29, 1.82) is 0 Å². The molecule has 0 fully saturated rings. The highest BCUT2D eigenvalue weighted by Crippen LogP contribution is 2.25. The van der Waals surface area contributed by atoms with E-state index in [-0.39, 0.29) is 5.78 Å². The number of anilines is 4. The average Bonchev–Trinajstić information content (AvgIpc) is 2.81. The monoisotopic (exact) mass is 422 g/mol. The second-order valence-electron chi connectivity index (χ2n) is 7.17. The molecule has 4 rings (SSSR count). The van der Waals surface area contributed by atoms with Crippen LogP contribution in [0.5, 0.6) is 11.5 Å². The predicted molar refractivity (Wildman–Crippen MR) is 127 cm³/mol. The molecule has 32 heavy (non-hydrogen) atoms. The van der Waals surface area contributed by atoms with Gasteiger partial charge in [-0.1, -0.05) is 36.9 Å². The Labute approximate surface area is 186 Å². The maximum Gasteiger partial charge on any atom is 0.188 e. The SMILES string of the molecule is C=C(C)C(=O)c1cccc(Nc2cc(Nc3ccc(Oc4ccccc4)cc3)ncn2)c1. The zero-order valence-corrected chi connectivity index (χ0v) is 17.6. The van der Waals surface area contributed by atoms with Crippen LogP contribution in [0.2, 0.25) is 0 Å². The summed E-state index contributed by atoms with van der Waals surface area (Å²) in [6.07, 6.45) is 1.47. The molecule has 0 aliphatic rings. The molecule has 0 unspecified atom stereocenters. The molecule has 0 amide bonds. The van der Waals surface area contributed by atoms with E-state index in [1.807, 2.05) is 66.7 Å². The van der Waals surface area contributed by atoms with E-state index >= 15 is 0 Å². The molecule has 0 atom stereocenters. The number of benzene rings is 3. The molecular weight excluding hydrogens is 400 g/mol. The maximum atomic E-state index is 12.2. The third-order valence-corrected chi connectivity index (χ3v) is 4.56. The lowest BCUT2D eigenvalue weighted by Gasteiger charge is -2.10. The number of allylic oxidation sites excluding steroid dienone is 1. The van der Waals surface area contributed by atoms with Gasteiger partial charge in [-0.3, -0.25) is 4.79 Å².